The van der Waals surface area contributed by atoms with Crippen molar-refractivity contribution in [2.24, 2.45) is 7.05 Å². The Balaban J connectivity index is 2.87. The van der Waals surface area contributed by atoms with Gasteiger partial charge in [0.2, 0.25) is 0 Å². The molecule has 0 aliphatic heterocycles. The molecular weight excluding hydrogens is 270 g/mol. The van der Waals surface area contributed by atoms with Crippen LogP contribution in [0.2, 0.25) is 0 Å². The van der Waals surface area contributed by atoms with Crippen molar-refractivity contribution in [1.29, 1.82) is 0 Å². The van der Waals surface area contributed by atoms with Gasteiger partial charge in [-0.05, 0) is 20.3 Å². The molecule has 6 heteroatoms. The first-order chi connectivity index (χ1) is 10.0. The van der Waals surface area contributed by atoms with E-state index in [0.29, 0.717) is 29.9 Å². The van der Waals surface area contributed by atoms with E-state index in [0.717, 1.165) is 18.4 Å². The summed E-state index contributed by atoms with van der Waals surface area (Å²) in [6, 6.07) is 0. The molecule has 6 nitrogen and oxygen atoms in total. The third-order valence-corrected chi connectivity index (χ3v) is 3.51. The zero-order valence-corrected chi connectivity index (χ0v) is 13.0. The van der Waals surface area contributed by atoms with E-state index in [4.69, 9.17) is 4.74 Å². The predicted octanol–water partition coefficient (Wildman–Crippen LogP) is 1.60. The second kappa shape index (κ2) is 6.11. The number of hydrogen-bond donors (Lipinski definition) is 0. The molecule has 0 N–H and O–H groups in total. The highest BCUT2D eigenvalue weighted by molar-refractivity contribution is 5.82. The third kappa shape index (κ3) is 2.57. The first-order valence-corrected chi connectivity index (χ1v) is 7.24. The SMILES string of the molecule is CCCCn1c(=O)c2c(OCC)c(C)cnc2n(C)c1=O. The van der Waals surface area contributed by atoms with E-state index in [1.807, 2.05) is 20.8 Å². The van der Waals surface area contributed by atoms with Crippen LogP contribution in [0.3, 0.4) is 0 Å². The maximum Gasteiger partial charge on any atom is 0.332 e. The highest BCUT2D eigenvalue weighted by Crippen LogP contribution is 2.24. The Bertz CT molecular complexity index is 774. The monoisotopic (exact) mass is 291 g/mol. The van der Waals surface area contributed by atoms with Crippen molar-refractivity contribution in [3.8, 4) is 5.75 Å². The Labute approximate surface area is 123 Å². The predicted molar refractivity (Wildman–Crippen MR) is 82.1 cm³/mol. The van der Waals surface area contributed by atoms with Crippen molar-refractivity contribution < 1.29 is 4.74 Å². The molecule has 0 amide bonds. The van der Waals surface area contributed by atoms with Gasteiger partial charge in [-0.15, -0.1) is 0 Å². The molecule has 0 aliphatic rings. The maximum absolute atomic E-state index is 12.7. The number of pyridine rings is 1. The van der Waals surface area contributed by atoms with Crippen LogP contribution in [0.5, 0.6) is 5.75 Å². The Hall–Kier alpha value is -2.11. The van der Waals surface area contributed by atoms with Gasteiger partial charge in [0.25, 0.3) is 5.56 Å². The fraction of sp³-hybridized carbons (Fsp3) is 0.533. The molecule has 0 saturated carbocycles. The third-order valence-electron chi connectivity index (χ3n) is 3.51. The molecule has 0 spiro atoms. The van der Waals surface area contributed by atoms with Crippen molar-refractivity contribution in [2.45, 2.75) is 40.2 Å². The molecular formula is C15H21N3O3. The quantitative estimate of drug-likeness (QED) is 0.839. The van der Waals surface area contributed by atoms with E-state index in [-0.39, 0.29) is 11.2 Å². The number of hydrogen-bond acceptors (Lipinski definition) is 4. The van der Waals surface area contributed by atoms with Gasteiger partial charge in [-0.25, -0.2) is 9.78 Å². The van der Waals surface area contributed by atoms with Gasteiger partial charge in [-0.2, -0.15) is 0 Å². The van der Waals surface area contributed by atoms with E-state index < -0.39 is 0 Å². The fourth-order valence-electron chi connectivity index (χ4n) is 2.36. The van der Waals surface area contributed by atoms with E-state index in [2.05, 4.69) is 4.98 Å². The van der Waals surface area contributed by atoms with Gasteiger partial charge in [0.1, 0.15) is 11.1 Å². The Morgan fingerprint density at radius 1 is 1.29 bits per heavy atom. The molecule has 0 aromatic carbocycles. The summed E-state index contributed by atoms with van der Waals surface area (Å²) >= 11 is 0. The average molecular weight is 291 g/mol. The van der Waals surface area contributed by atoms with Crippen LogP contribution in [0.4, 0.5) is 0 Å². The lowest BCUT2D eigenvalue weighted by Crippen LogP contribution is -2.39. The van der Waals surface area contributed by atoms with Gasteiger partial charge < -0.3 is 4.74 Å². The van der Waals surface area contributed by atoms with Crippen LogP contribution >= 0.6 is 0 Å². The maximum atomic E-state index is 12.7. The number of nitrogens with zero attached hydrogens (tertiary/aromatic N) is 3. The minimum absolute atomic E-state index is 0.318. The number of rotatable bonds is 5. The van der Waals surface area contributed by atoms with Crippen LogP contribution in [0.15, 0.2) is 15.8 Å². The minimum atomic E-state index is -0.334. The van der Waals surface area contributed by atoms with Gasteiger partial charge in [-0.3, -0.25) is 13.9 Å². The summed E-state index contributed by atoms with van der Waals surface area (Å²) in [5.41, 5.74) is 0.509. The molecule has 2 aromatic heterocycles. The van der Waals surface area contributed by atoms with Crippen LogP contribution < -0.4 is 16.0 Å². The topological polar surface area (TPSA) is 66.1 Å². The molecule has 0 saturated heterocycles. The molecule has 21 heavy (non-hydrogen) atoms. The normalized spacial score (nSPS) is 11.0. The summed E-state index contributed by atoms with van der Waals surface area (Å²) in [6.45, 7) is 6.60. The Kier molecular flexibility index (Phi) is 4.45. The zero-order valence-electron chi connectivity index (χ0n) is 13.0. The molecule has 0 unspecified atom stereocenters. The lowest BCUT2D eigenvalue weighted by Gasteiger charge is -2.14. The summed E-state index contributed by atoms with van der Waals surface area (Å²) < 4.78 is 8.30. The van der Waals surface area contributed by atoms with E-state index in [1.54, 1.807) is 13.2 Å². The van der Waals surface area contributed by atoms with Gasteiger partial charge in [0.05, 0.1) is 6.61 Å². The minimum Gasteiger partial charge on any atom is -0.493 e. The van der Waals surface area contributed by atoms with Crippen molar-refractivity contribution in [1.82, 2.24) is 14.1 Å². The van der Waals surface area contributed by atoms with Crippen molar-refractivity contribution in [3.63, 3.8) is 0 Å². The molecule has 2 heterocycles. The number of unbranched alkanes of at least 4 members (excludes halogenated alkanes) is 1. The van der Waals surface area contributed by atoms with Crippen LogP contribution in [-0.2, 0) is 13.6 Å². The summed E-state index contributed by atoms with van der Waals surface area (Å²) in [6.07, 6.45) is 3.32. The van der Waals surface area contributed by atoms with Gasteiger partial charge in [-0.1, -0.05) is 13.3 Å². The molecule has 0 atom stereocenters. The molecule has 0 radical (unpaired) electrons. The largest absolute Gasteiger partial charge is 0.493 e. The number of aromatic nitrogens is 3. The second-order valence-electron chi connectivity index (χ2n) is 5.05. The van der Waals surface area contributed by atoms with Crippen LogP contribution in [0, 0.1) is 6.92 Å². The lowest BCUT2D eigenvalue weighted by atomic mass is 10.2. The molecule has 2 rings (SSSR count). The van der Waals surface area contributed by atoms with Crippen LogP contribution in [0.25, 0.3) is 11.0 Å². The van der Waals surface area contributed by atoms with E-state index in [1.165, 1.54) is 9.13 Å². The van der Waals surface area contributed by atoms with Crippen molar-refractivity contribution in [2.75, 3.05) is 6.61 Å². The zero-order chi connectivity index (χ0) is 15.6. The summed E-state index contributed by atoms with van der Waals surface area (Å²) in [5, 5.41) is 0.384. The first-order valence-electron chi connectivity index (χ1n) is 7.24. The van der Waals surface area contributed by atoms with Crippen molar-refractivity contribution >= 4 is 11.0 Å². The standard InChI is InChI=1S/C15H21N3O3/c1-5-7-8-18-14(19)11-12(21-6-2)10(3)9-16-13(11)17(4)15(18)20/h9H,5-8H2,1-4H3. The highest BCUT2D eigenvalue weighted by atomic mass is 16.5. The Morgan fingerprint density at radius 3 is 2.62 bits per heavy atom. The van der Waals surface area contributed by atoms with E-state index in [9.17, 15) is 9.59 Å². The molecule has 0 bridgehead atoms. The molecule has 2 aromatic rings. The summed E-state index contributed by atoms with van der Waals surface area (Å²) in [7, 11) is 1.63. The van der Waals surface area contributed by atoms with Crippen LogP contribution in [0.1, 0.15) is 32.3 Å². The fourth-order valence-corrected chi connectivity index (χ4v) is 2.36. The lowest BCUT2D eigenvalue weighted by molar-refractivity contribution is 0.341. The Morgan fingerprint density at radius 2 is 2.00 bits per heavy atom. The highest BCUT2D eigenvalue weighted by Gasteiger charge is 2.17. The molecule has 0 aliphatic carbocycles. The second-order valence-corrected chi connectivity index (χ2v) is 5.05. The van der Waals surface area contributed by atoms with Gasteiger partial charge in [0, 0.05) is 25.4 Å². The summed E-state index contributed by atoms with van der Waals surface area (Å²) in [5.74, 6) is 0.522. The smallest absolute Gasteiger partial charge is 0.332 e. The summed E-state index contributed by atoms with van der Waals surface area (Å²) in [4.78, 5) is 29.2. The first kappa shape index (κ1) is 15.3. The average Bonchev–Trinajstić information content (AvgIpc) is 2.47. The van der Waals surface area contributed by atoms with Gasteiger partial charge in [0.15, 0.2) is 5.65 Å². The number of aryl methyl sites for hydroxylation is 2. The van der Waals surface area contributed by atoms with E-state index >= 15 is 0 Å². The number of ether oxygens (including phenoxy) is 1. The van der Waals surface area contributed by atoms with Crippen molar-refractivity contribution in [3.05, 3.63) is 32.6 Å². The molecule has 0 fully saturated rings. The molecule has 114 valence electrons. The van der Waals surface area contributed by atoms with Gasteiger partial charge >= 0.3 is 5.69 Å². The van der Waals surface area contributed by atoms with Crippen LogP contribution in [-0.4, -0.2) is 20.7 Å². The number of fused-ring (bicyclic) bond motifs is 1.